The summed E-state index contributed by atoms with van der Waals surface area (Å²) in [6.07, 6.45) is 2.40. The van der Waals surface area contributed by atoms with E-state index in [9.17, 15) is 14.0 Å². The van der Waals surface area contributed by atoms with Crippen LogP contribution in [-0.2, 0) is 11.2 Å². The molecule has 0 saturated carbocycles. The molecule has 1 aromatic heterocycles. The number of aromatic amines is 1. The van der Waals surface area contributed by atoms with E-state index in [1.54, 1.807) is 46.3 Å². The smallest absolute Gasteiger partial charge is 0.270 e. The third-order valence-electron chi connectivity index (χ3n) is 4.31. The summed E-state index contributed by atoms with van der Waals surface area (Å²) < 4.78 is 13.6. The fraction of sp³-hybridized carbons (Fsp3) is 0.333. The topological polar surface area (TPSA) is 56.4 Å². The quantitative estimate of drug-likeness (QED) is 0.934. The van der Waals surface area contributed by atoms with Gasteiger partial charge in [0.05, 0.1) is 0 Å². The molecule has 6 heteroatoms. The third-order valence-corrected chi connectivity index (χ3v) is 4.31. The number of H-pyrrole nitrogens is 1. The van der Waals surface area contributed by atoms with E-state index in [0.717, 1.165) is 0 Å². The Kier molecular flexibility index (Phi) is 4.93. The molecule has 2 aromatic rings. The second-order valence-electron chi connectivity index (χ2n) is 5.85. The van der Waals surface area contributed by atoms with E-state index in [2.05, 4.69) is 4.98 Å². The van der Waals surface area contributed by atoms with Gasteiger partial charge in [0.25, 0.3) is 5.91 Å². The van der Waals surface area contributed by atoms with E-state index in [1.807, 2.05) is 0 Å². The Hall–Kier alpha value is -2.63. The molecule has 0 spiro atoms. The molecule has 0 atom stereocenters. The van der Waals surface area contributed by atoms with Gasteiger partial charge in [-0.3, -0.25) is 9.59 Å². The number of aryl methyl sites for hydroxylation is 1. The Morgan fingerprint density at radius 1 is 1.00 bits per heavy atom. The first-order valence-corrected chi connectivity index (χ1v) is 8.09. The van der Waals surface area contributed by atoms with E-state index < -0.39 is 0 Å². The lowest BCUT2D eigenvalue weighted by atomic mass is 10.1. The molecular formula is C18H20FN3O2. The van der Waals surface area contributed by atoms with E-state index in [4.69, 9.17) is 0 Å². The number of aromatic nitrogens is 1. The number of hydrogen-bond acceptors (Lipinski definition) is 2. The number of amides is 2. The summed E-state index contributed by atoms with van der Waals surface area (Å²) in [5.41, 5.74) is 1.13. The van der Waals surface area contributed by atoms with Crippen LogP contribution in [0.4, 0.5) is 4.39 Å². The van der Waals surface area contributed by atoms with Crippen molar-refractivity contribution in [2.75, 3.05) is 26.2 Å². The van der Waals surface area contributed by atoms with Gasteiger partial charge in [0.15, 0.2) is 0 Å². The third kappa shape index (κ3) is 3.64. The van der Waals surface area contributed by atoms with Gasteiger partial charge in [-0.1, -0.05) is 18.2 Å². The molecule has 126 valence electrons. The highest BCUT2D eigenvalue weighted by Gasteiger charge is 2.25. The molecule has 1 fully saturated rings. The summed E-state index contributed by atoms with van der Waals surface area (Å²) in [4.78, 5) is 30.9. The van der Waals surface area contributed by atoms with Crippen LogP contribution in [0, 0.1) is 5.82 Å². The molecule has 2 amide bonds. The van der Waals surface area contributed by atoms with Crippen molar-refractivity contribution in [2.45, 2.75) is 12.8 Å². The average molecular weight is 329 g/mol. The standard InChI is InChI=1S/C18H20FN3O2/c19-15-5-2-1-4-14(15)7-8-17(23)21-10-12-22(13-11-21)18(24)16-6-3-9-20-16/h1-6,9,20H,7-8,10-13H2. The van der Waals surface area contributed by atoms with Crippen LogP contribution in [0.3, 0.4) is 0 Å². The van der Waals surface area contributed by atoms with Crippen molar-refractivity contribution in [3.05, 3.63) is 59.7 Å². The molecule has 1 N–H and O–H groups in total. The fourth-order valence-corrected chi connectivity index (χ4v) is 2.89. The van der Waals surface area contributed by atoms with Crippen molar-refractivity contribution < 1.29 is 14.0 Å². The number of benzene rings is 1. The lowest BCUT2D eigenvalue weighted by Gasteiger charge is -2.34. The van der Waals surface area contributed by atoms with Crippen molar-refractivity contribution >= 4 is 11.8 Å². The lowest BCUT2D eigenvalue weighted by Crippen LogP contribution is -2.50. The Labute approximate surface area is 140 Å². The van der Waals surface area contributed by atoms with E-state index in [1.165, 1.54) is 6.07 Å². The number of nitrogens with zero attached hydrogens (tertiary/aromatic N) is 2. The zero-order valence-electron chi connectivity index (χ0n) is 13.4. The van der Waals surface area contributed by atoms with Gasteiger partial charge in [0.1, 0.15) is 11.5 Å². The fourth-order valence-electron chi connectivity index (χ4n) is 2.89. The molecule has 1 aromatic carbocycles. The SMILES string of the molecule is O=C(CCc1ccccc1F)N1CCN(C(=O)c2ccc[nH]2)CC1. The minimum absolute atomic E-state index is 0.00484. The van der Waals surface area contributed by atoms with Crippen LogP contribution in [-0.4, -0.2) is 52.8 Å². The van der Waals surface area contributed by atoms with Gasteiger partial charge in [-0.25, -0.2) is 4.39 Å². The zero-order chi connectivity index (χ0) is 16.9. The van der Waals surface area contributed by atoms with Crippen LogP contribution >= 0.6 is 0 Å². The maximum Gasteiger partial charge on any atom is 0.270 e. The van der Waals surface area contributed by atoms with Gasteiger partial charge in [-0.15, -0.1) is 0 Å². The van der Waals surface area contributed by atoms with Crippen molar-refractivity contribution in [3.63, 3.8) is 0 Å². The van der Waals surface area contributed by atoms with E-state index >= 15 is 0 Å². The predicted molar refractivity (Wildman–Crippen MR) is 88.0 cm³/mol. The maximum atomic E-state index is 13.6. The molecule has 0 unspecified atom stereocenters. The lowest BCUT2D eigenvalue weighted by molar-refractivity contribution is -0.132. The molecule has 5 nitrogen and oxygen atoms in total. The van der Waals surface area contributed by atoms with Gasteiger partial charge >= 0.3 is 0 Å². The number of carbonyl (C=O) groups is 2. The van der Waals surface area contributed by atoms with Crippen molar-refractivity contribution in [1.82, 2.24) is 14.8 Å². The van der Waals surface area contributed by atoms with Crippen LogP contribution in [0.1, 0.15) is 22.5 Å². The van der Waals surface area contributed by atoms with Gasteiger partial charge < -0.3 is 14.8 Å². The van der Waals surface area contributed by atoms with Crippen molar-refractivity contribution in [2.24, 2.45) is 0 Å². The number of carbonyl (C=O) groups excluding carboxylic acids is 2. The Bertz CT molecular complexity index is 707. The highest BCUT2D eigenvalue weighted by atomic mass is 19.1. The Morgan fingerprint density at radius 2 is 1.71 bits per heavy atom. The molecule has 24 heavy (non-hydrogen) atoms. The molecule has 0 bridgehead atoms. The molecule has 1 aliphatic rings. The molecule has 1 saturated heterocycles. The van der Waals surface area contributed by atoms with Crippen LogP contribution in [0.25, 0.3) is 0 Å². The minimum Gasteiger partial charge on any atom is -0.357 e. The Morgan fingerprint density at radius 3 is 2.38 bits per heavy atom. The molecular weight excluding hydrogens is 309 g/mol. The van der Waals surface area contributed by atoms with Crippen molar-refractivity contribution in [3.8, 4) is 0 Å². The van der Waals surface area contributed by atoms with Gasteiger partial charge in [-0.05, 0) is 30.2 Å². The number of nitrogens with one attached hydrogen (secondary N) is 1. The summed E-state index contributed by atoms with van der Waals surface area (Å²) in [5.74, 6) is -0.310. The number of piperazine rings is 1. The second-order valence-corrected chi connectivity index (χ2v) is 5.85. The summed E-state index contributed by atoms with van der Waals surface area (Å²) >= 11 is 0. The predicted octanol–water partition coefficient (Wildman–Crippen LogP) is 2.07. The van der Waals surface area contributed by atoms with Crippen LogP contribution < -0.4 is 0 Å². The number of rotatable bonds is 4. The molecule has 2 heterocycles. The van der Waals surface area contributed by atoms with Gasteiger partial charge in [-0.2, -0.15) is 0 Å². The first-order chi connectivity index (χ1) is 11.6. The highest BCUT2D eigenvalue weighted by Crippen LogP contribution is 2.12. The highest BCUT2D eigenvalue weighted by molar-refractivity contribution is 5.92. The van der Waals surface area contributed by atoms with E-state index in [0.29, 0.717) is 43.9 Å². The Balaban J connectivity index is 1.48. The molecule has 0 radical (unpaired) electrons. The normalized spacial score (nSPS) is 14.7. The van der Waals surface area contributed by atoms with E-state index in [-0.39, 0.29) is 24.1 Å². The summed E-state index contributed by atoms with van der Waals surface area (Å²) in [6.45, 7) is 2.07. The molecule has 1 aliphatic heterocycles. The summed E-state index contributed by atoms with van der Waals surface area (Å²) in [5, 5.41) is 0. The van der Waals surface area contributed by atoms with Gasteiger partial charge in [0.2, 0.25) is 5.91 Å². The first kappa shape index (κ1) is 16.2. The summed E-state index contributed by atoms with van der Waals surface area (Å²) in [7, 11) is 0. The number of halogens is 1. The maximum absolute atomic E-state index is 13.6. The summed E-state index contributed by atoms with van der Waals surface area (Å²) in [6, 6.07) is 10.1. The minimum atomic E-state index is -0.272. The zero-order valence-corrected chi connectivity index (χ0v) is 13.4. The monoisotopic (exact) mass is 329 g/mol. The van der Waals surface area contributed by atoms with Crippen molar-refractivity contribution in [1.29, 1.82) is 0 Å². The largest absolute Gasteiger partial charge is 0.357 e. The van der Waals surface area contributed by atoms with Crippen LogP contribution in [0.2, 0.25) is 0 Å². The van der Waals surface area contributed by atoms with Crippen LogP contribution in [0.15, 0.2) is 42.6 Å². The molecule has 0 aliphatic carbocycles. The molecule has 3 rings (SSSR count). The number of hydrogen-bond donors (Lipinski definition) is 1. The second kappa shape index (κ2) is 7.29. The van der Waals surface area contributed by atoms with Crippen LogP contribution in [0.5, 0.6) is 0 Å². The van der Waals surface area contributed by atoms with Gasteiger partial charge in [0, 0.05) is 38.8 Å². The first-order valence-electron chi connectivity index (χ1n) is 8.09. The average Bonchev–Trinajstić information content (AvgIpc) is 3.15.